The number of aryl methyl sites for hydroxylation is 2. The minimum absolute atomic E-state index is 0.519. The summed E-state index contributed by atoms with van der Waals surface area (Å²) in [6.07, 6.45) is 1.79. The van der Waals surface area contributed by atoms with Crippen molar-refractivity contribution < 1.29 is 0 Å². The van der Waals surface area contributed by atoms with E-state index < -0.39 is 0 Å². The van der Waals surface area contributed by atoms with Crippen LogP contribution in [0.2, 0.25) is 5.15 Å². The Morgan fingerprint density at radius 1 is 1.50 bits per heavy atom. The van der Waals surface area contributed by atoms with Gasteiger partial charge in [-0.15, -0.1) is 0 Å². The second-order valence-electron chi connectivity index (χ2n) is 2.76. The van der Waals surface area contributed by atoms with Gasteiger partial charge >= 0.3 is 0 Å². The van der Waals surface area contributed by atoms with Crippen LogP contribution in [0.15, 0.2) is 12.3 Å². The van der Waals surface area contributed by atoms with Gasteiger partial charge in [0, 0.05) is 18.1 Å². The molecule has 0 spiro atoms. The Hall–Kier alpha value is -1.09. The minimum Gasteiger partial charge on any atom is -0.265 e. The zero-order chi connectivity index (χ0) is 8.72. The van der Waals surface area contributed by atoms with E-state index in [0.29, 0.717) is 5.15 Å². The standard InChI is InChI=1S/C8H8ClN3/c1-5-3-6-4-10-12(2)7(6)8(9)11-5/h3-4H,1-2H3. The molecule has 0 unspecified atom stereocenters. The summed E-state index contributed by atoms with van der Waals surface area (Å²) in [7, 11) is 1.85. The van der Waals surface area contributed by atoms with Crippen LogP contribution >= 0.6 is 11.6 Å². The molecule has 0 bridgehead atoms. The molecule has 2 aromatic rings. The highest BCUT2D eigenvalue weighted by Gasteiger charge is 2.05. The van der Waals surface area contributed by atoms with Crippen molar-refractivity contribution in [3.05, 3.63) is 23.1 Å². The van der Waals surface area contributed by atoms with E-state index in [1.165, 1.54) is 0 Å². The van der Waals surface area contributed by atoms with Crippen LogP contribution in [0.3, 0.4) is 0 Å². The molecule has 0 aliphatic rings. The monoisotopic (exact) mass is 181 g/mol. The van der Waals surface area contributed by atoms with E-state index in [2.05, 4.69) is 10.1 Å². The van der Waals surface area contributed by atoms with Gasteiger partial charge < -0.3 is 0 Å². The molecule has 0 aliphatic carbocycles. The van der Waals surface area contributed by atoms with Gasteiger partial charge in [0.1, 0.15) is 5.52 Å². The number of hydrogen-bond donors (Lipinski definition) is 0. The molecular weight excluding hydrogens is 174 g/mol. The van der Waals surface area contributed by atoms with E-state index in [1.54, 1.807) is 10.9 Å². The quantitative estimate of drug-likeness (QED) is 0.582. The zero-order valence-corrected chi connectivity index (χ0v) is 7.63. The lowest BCUT2D eigenvalue weighted by molar-refractivity contribution is 0.795. The zero-order valence-electron chi connectivity index (χ0n) is 6.87. The molecule has 0 aliphatic heterocycles. The summed E-state index contributed by atoms with van der Waals surface area (Å²) in [5.74, 6) is 0. The van der Waals surface area contributed by atoms with Crippen molar-refractivity contribution >= 4 is 22.5 Å². The summed E-state index contributed by atoms with van der Waals surface area (Å²) in [6.45, 7) is 1.92. The third-order valence-electron chi connectivity index (χ3n) is 1.80. The molecule has 0 saturated heterocycles. The van der Waals surface area contributed by atoms with E-state index in [-0.39, 0.29) is 0 Å². The van der Waals surface area contributed by atoms with Crippen molar-refractivity contribution in [3.63, 3.8) is 0 Å². The highest BCUT2D eigenvalue weighted by molar-refractivity contribution is 6.33. The molecule has 2 heterocycles. The Bertz CT molecular complexity index is 433. The number of fused-ring (bicyclic) bond motifs is 1. The number of nitrogens with zero attached hydrogens (tertiary/aromatic N) is 3. The Kier molecular flexibility index (Phi) is 1.54. The average Bonchev–Trinajstić information content (AvgIpc) is 2.31. The van der Waals surface area contributed by atoms with E-state index in [4.69, 9.17) is 11.6 Å². The molecule has 0 amide bonds. The maximum Gasteiger partial charge on any atom is 0.155 e. The predicted octanol–water partition coefficient (Wildman–Crippen LogP) is 1.93. The van der Waals surface area contributed by atoms with Crippen LogP contribution in [0.4, 0.5) is 0 Å². The number of rotatable bonds is 0. The third-order valence-corrected chi connectivity index (χ3v) is 2.06. The summed E-state index contributed by atoms with van der Waals surface area (Å²) in [5.41, 5.74) is 1.81. The smallest absolute Gasteiger partial charge is 0.155 e. The van der Waals surface area contributed by atoms with Crippen LogP contribution in [0, 0.1) is 6.92 Å². The van der Waals surface area contributed by atoms with Crippen molar-refractivity contribution in [1.29, 1.82) is 0 Å². The van der Waals surface area contributed by atoms with E-state index in [9.17, 15) is 0 Å². The Morgan fingerprint density at radius 3 is 3.00 bits per heavy atom. The predicted molar refractivity (Wildman–Crippen MR) is 48.3 cm³/mol. The summed E-state index contributed by atoms with van der Waals surface area (Å²) < 4.78 is 1.73. The number of hydrogen-bond acceptors (Lipinski definition) is 2. The number of aromatic nitrogens is 3. The molecule has 0 atom stereocenters. The molecule has 2 aromatic heterocycles. The normalized spacial score (nSPS) is 10.9. The Balaban J connectivity index is 2.93. The fourth-order valence-corrected chi connectivity index (χ4v) is 1.64. The first kappa shape index (κ1) is 7.55. The van der Waals surface area contributed by atoms with Gasteiger partial charge in [-0.3, -0.25) is 4.68 Å². The lowest BCUT2D eigenvalue weighted by Crippen LogP contribution is -1.91. The summed E-state index contributed by atoms with van der Waals surface area (Å²) in [4.78, 5) is 4.14. The Labute approximate surface area is 75.0 Å². The highest BCUT2D eigenvalue weighted by Crippen LogP contribution is 2.20. The molecule has 2 rings (SSSR count). The van der Waals surface area contributed by atoms with Crippen molar-refractivity contribution in [2.24, 2.45) is 7.05 Å². The summed E-state index contributed by atoms with van der Waals surface area (Å²) in [5, 5.41) is 5.65. The first-order valence-electron chi connectivity index (χ1n) is 3.63. The summed E-state index contributed by atoms with van der Waals surface area (Å²) in [6, 6.07) is 1.97. The largest absolute Gasteiger partial charge is 0.265 e. The molecule has 0 fully saturated rings. The first-order valence-corrected chi connectivity index (χ1v) is 4.01. The average molecular weight is 182 g/mol. The highest BCUT2D eigenvalue weighted by atomic mass is 35.5. The van der Waals surface area contributed by atoms with Crippen LogP contribution in [-0.2, 0) is 7.05 Å². The number of pyridine rings is 1. The van der Waals surface area contributed by atoms with E-state index in [1.807, 2.05) is 20.0 Å². The van der Waals surface area contributed by atoms with Crippen LogP contribution in [0.25, 0.3) is 10.9 Å². The van der Waals surface area contributed by atoms with Gasteiger partial charge in [0.2, 0.25) is 0 Å². The summed E-state index contributed by atoms with van der Waals surface area (Å²) >= 11 is 5.94. The maximum absolute atomic E-state index is 5.94. The van der Waals surface area contributed by atoms with Crippen LogP contribution in [-0.4, -0.2) is 14.8 Å². The molecule has 12 heavy (non-hydrogen) atoms. The second-order valence-corrected chi connectivity index (χ2v) is 3.12. The van der Waals surface area contributed by atoms with Gasteiger partial charge in [-0.25, -0.2) is 4.98 Å². The second kappa shape index (κ2) is 2.45. The van der Waals surface area contributed by atoms with Crippen molar-refractivity contribution in [2.45, 2.75) is 6.92 Å². The van der Waals surface area contributed by atoms with Crippen LogP contribution < -0.4 is 0 Å². The molecule has 0 saturated carbocycles. The van der Waals surface area contributed by atoms with Crippen LogP contribution in [0.5, 0.6) is 0 Å². The van der Waals surface area contributed by atoms with Crippen molar-refractivity contribution in [1.82, 2.24) is 14.8 Å². The Morgan fingerprint density at radius 2 is 2.25 bits per heavy atom. The van der Waals surface area contributed by atoms with E-state index >= 15 is 0 Å². The van der Waals surface area contributed by atoms with Gasteiger partial charge in [-0.2, -0.15) is 5.10 Å². The number of halogens is 1. The molecule has 3 nitrogen and oxygen atoms in total. The first-order chi connectivity index (χ1) is 5.68. The third kappa shape index (κ3) is 0.975. The van der Waals surface area contributed by atoms with Gasteiger partial charge in [0.05, 0.1) is 6.20 Å². The fourth-order valence-electron chi connectivity index (χ4n) is 1.28. The maximum atomic E-state index is 5.94. The lowest BCUT2D eigenvalue weighted by atomic mass is 10.3. The van der Waals surface area contributed by atoms with Gasteiger partial charge in [-0.1, -0.05) is 11.6 Å². The lowest BCUT2D eigenvalue weighted by Gasteiger charge is -1.97. The van der Waals surface area contributed by atoms with Gasteiger partial charge in [0.15, 0.2) is 5.15 Å². The minimum atomic E-state index is 0.519. The topological polar surface area (TPSA) is 30.7 Å². The van der Waals surface area contributed by atoms with Crippen molar-refractivity contribution in [3.8, 4) is 0 Å². The molecule has 62 valence electrons. The van der Waals surface area contributed by atoms with E-state index in [0.717, 1.165) is 16.6 Å². The molecule has 0 aromatic carbocycles. The SMILES string of the molecule is Cc1cc2cnn(C)c2c(Cl)n1. The van der Waals surface area contributed by atoms with Gasteiger partial charge in [0.25, 0.3) is 0 Å². The molecule has 4 heteroatoms. The molecular formula is C8H8ClN3. The van der Waals surface area contributed by atoms with Crippen LogP contribution in [0.1, 0.15) is 5.69 Å². The van der Waals surface area contributed by atoms with Crippen molar-refractivity contribution in [2.75, 3.05) is 0 Å². The fraction of sp³-hybridized carbons (Fsp3) is 0.250. The van der Waals surface area contributed by atoms with Gasteiger partial charge in [-0.05, 0) is 13.0 Å². The molecule has 0 radical (unpaired) electrons. The molecule has 0 N–H and O–H groups in total.